The molecule has 0 radical (unpaired) electrons. The van der Waals surface area contributed by atoms with E-state index in [9.17, 15) is 9.59 Å². The fourth-order valence-corrected chi connectivity index (χ4v) is 3.36. The fourth-order valence-electron chi connectivity index (χ4n) is 3.07. The van der Waals surface area contributed by atoms with Crippen LogP contribution < -0.4 is 10.7 Å². The first-order chi connectivity index (χ1) is 12.5. The first kappa shape index (κ1) is 18.1. The van der Waals surface area contributed by atoms with E-state index in [0.29, 0.717) is 15.9 Å². The van der Waals surface area contributed by atoms with Crippen molar-refractivity contribution in [2.45, 2.75) is 33.2 Å². The van der Waals surface area contributed by atoms with Gasteiger partial charge in [-0.1, -0.05) is 43.6 Å². The van der Waals surface area contributed by atoms with Gasteiger partial charge in [-0.15, -0.1) is 0 Å². The second-order valence-electron chi connectivity index (χ2n) is 6.00. The van der Waals surface area contributed by atoms with E-state index in [-0.39, 0.29) is 17.9 Å². The summed E-state index contributed by atoms with van der Waals surface area (Å²) in [7, 11) is 0. The van der Waals surface area contributed by atoms with Crippen molar-refractivity contribution >= 4 is 34.1 Å². The molecule has 0 atom stereocenters. The largest absolute Gasteiger partial charge is 0.324 e. The zero-order valence-electron chi connectivity index (χ0n) is 14.8. The highest BCUT2D eigenvalue weighted by Crippen LogP contribution is 2.29. The van der Waals surface area contributed by atoms with Crippen LogP contribution in [0.1, 0.15) is 25.0 Å². The topological polar surface area (TPSA) is 64.0 Å². The van der Waals surface area contributed by atoms with E-state index in [1.165, 1.54) is 10.9 Å². The molecule has 0 spiro atoms. The van der Waals surface area contributed by atoms with Crippen LogP contribution >= 0.6 is 11.6 Å². The van der Waals surface area contributed by atoms with Gasteiger partial charge in [-0.25, -0.2) is 0 Å². The number of nitrogens with one attached hydrogen (secondary N) is 1. The molecule has 5 nitrogen and oxygen atoms in total. The van der Waals surface area contributed by atoms with Gasteiger partial charge in [0.2, 0.25) is 11.3 Å². The van der Waals surface area contributed by atoms with Crippen LogP contribution in [0.4, 0.5) is 5.69 Å². The smallest absolute Gasteiger partial charge is 0.246 e. The van der Waals surface area contributed by atoms with E-state index >= 15 is 0 Å². The van der Waals surface area contributed by atoms with Gasteiger partial charge in [0.05, 0.1) is 11.7 Å². The molecule has 0 unspecified atom stereocenters. The number of anilines is 1. The molecule has 1 N–H and O–H groups in total. The number of aromatic nitrogens is 2. The van der Waals surface area contributed by atoms with Crippen molar-refractivity contribution in [3.63, 3.8) is 0 Å². The normalized spacial score (nSPS) is 10.9. The van der Waals surface area contributed by atoms with Crippen LogP contribution in [0.3, 0.4) is 0 Å². The molecule has 0 bridgehead atoms. The Labute approximate surface area is 156 Å². The van der Waals surface area contributed by atoms with Crippen molar-refractivity contribution in [1.29, 1.82) is 0 Å². The molecule has 2 aromatic carbocycles. The molecule has 0 saturated carbocycles. The van der Waals surface area contributed by atoms with Crippen molar-refractivity contribution in [2.75, 3.05) is 5.32 Å². The number of hydrogen-bond acceptors (Lipinski definition) is 3. The lowest BCUT2D eigenvalue weighted by Gasteiger charge is -2.16. The molecule has 1 amide bonds. The van der Waals surface area contributed by atoms with Crippen molar-refractivity contribution in [3.05, 3.63) is 69.0 Å². The van der Waals surface area contributed by atoms with E-state index in [4.69, 9.17) is 11.6 Å². The maximum atomic E-state index is 12.7. The van der Waals surface area contributed by atoms with Gasteiger partial charge in [-0.05, 0) is 42.2 Å². The Kier molecular flexibility index (Phi) is 5.38. The average molecular weight is 370 g/mol. The number of halogens is 1. The summed E-state index contributed by atoms with van der Waals surface area (Å²) in [4.78, 5) is 24.6. The van der Waals surface area contributed by atoms with Crippen LogP contribution in [0.15, 0.2) is 47.4 Å². The number of rotatable bonds is 5. The van der Waals surface area contributed by atoms with Crippen molar-refractivity contribution in [3.8, 4) is 0 Å². The summed E-state index contributed by atoms with van der Waals surface area (Å²) in [5.74, 6) is -0.210. The summed E-state index contributed by atoms with van der Waals surface area (Å²) < 4.78 is 1.54. The highest BCUT2D eigenvalue weighted by Gasteiger charge is 2.14. The van der Waals surface area contributed by atoms with Crippen LogP contribution in [0.25, 0.3) is 10.9 Å². The standard InChI is InChI=1S/C20H20ClN3O2/c1-3-13-9-10-16(21)14(4-2)20(13)23-19(26)12-24-17-8-6-5-7-15(17)18(25)11-22-24/h5-11H,3-4,12H2,1-2H3,(H,23,26). The summed E-state index contributed by atoms with van der Waals surface area (Å²) in [6.45, 7) is 4.06. The molecule has 6 heteroatoms. The SMILES string of the molecule is CCc1ccc(Cl)c(CC)c1NC(=O)Cn1ncc(=O)c2ccccc21. The molecular formula is C20H20ClN3O2. The van der Waals surface area contributed by atoms with E-state index in [1.54, 1.807) is 18.2 Å². The third-order valence-corrected chi connectivity index (χ3v) is 4.75. The van der Waals surface area contributed by atoms with Crippen LogP contribution in [0.2, 0.25) is 5.02 Å². The Morgan fingerprint density at radius 3 is 2.65 bits per heavy atom. The molecule has 0 saturated heterocycles. The van der Waals surface area contributed by atoms with Gasteiger partial charge in [0.15, 0.2) is 0 Å². The molecule has 1 aromatic heterocycles. The maximum Gasteiger partial charge on any atom is 0.246 e. The summed E-state index contributed by atoms with van der Waals surface area (Å²) in [5, 5.41) is 8.28. The minimum absolute atomic E-state index is 0.0135. The van der Waals surface area contributed by atoms with Gasteiger partial charge in [-0.3, -0.25) is 14.3 Å². The second-order valence-corrected chi connectivity index (χ2v) is 6.41. The Hall–Kier alpha value is -2.66. The summed E-state index contributed by atoms with van der Waals surface area (Å²) in [5.41, 5.74) is 3.22. The third kappa shape index (κ3) is 3.48. The number of amides is 1. The molecular weight excluding hydrogens is 350 g/mol. The van der Waals surface area contributed by atoms with Gasteiger partial charge >= 0.3 is 0 Å². The van der Waals surface area contributed by atoms with E-state index in [1.807, 2.05) is 32.0 Å². The van der Waals surface area contributed by atoms with Gasteiger partial charge in [-0.2, -0.15) is 5.10 Å². The molecule has 0 aliphatic carbocycles. The Morgan fingerprint density at radius 1 is 1.15 bits per heavy atom. The van der Waals surface area contributed by atoms with Gasteiger partial charge < -0.3 is 5.32 Å². The highest BCUT2D eigenvalue weighted by atomic mass is 35.5. The monoisotopic (exact) mass is 369 g/mol. The van der Waals surface area contributed by atoms with E-state index < -0.39 is 0 Å². The number of nitrogens with zero attached hydrogens (tertiary/aromatic N) is 2. The van der Waals surface area contributed by atoms with Gasteiger partial charge in [0, 0.05) is 16.1 Å². The first-order valence-corrected chi connectivity index (χ1v) is 8.97. The lowest BCUT2D eigenvalue weighted by atomic mass is 10.0. The summed E-state index contributed by atoms with van der Waals surface area (Å²) in [6.07, 6.45) is 2.75. The number of carbonyl (C=O) groups excluding carboxylic acids is 1. The van der Waals surface area contributed by atoms with Crippen molar-refractivity contribution in [1.82, 2.24) is 9.78 Å². The third-order valence-electron chi connectivity index (χ3n) is 4.40. The van der Waals surface area contributed by atoms with E-state index in [0.717, 1.165) is 29.7 Å². The zero-order chi connectivity index (χ0) is 18.7. The zero-order valence-corrected chi connectivity index (χ0v) is 15.5. The molecule has 3 aromatic rings. The van der Waals surface area contributed by atoms with Crippen molar-refractivity contribution in [2.24, 2.45) is 0 Å². The number of aryl methyl sites for hydroxylation is 1. The predicted molar refractivity (Wildman–Crippen MR) is 105 cm³/mol. The molecule has 0 fully saturated rings. The van der Waals surface area contributed by atoms with Crippen LogP contribution in [0, 0.1) is 0 Å². The predicted octanol–water partition coefficient (Wildman–Crippen LogP) is 3.81. The minimum atomic E-state index is -0.210. The summed E-state index contributed by atoms with van der Waals surface area (Å²) in [6, 6.07) is 10.9. The maximum absolute atomic E-state index is 12.7. The lowest BCUT2D eigenvalue weighted by Crippen LogP contribution is -2.23. The number of para-hydroxylation sites is 1. The molecule has 26 heavy (non-hydrogen) atoms. The van der Waals surface area contributed by atoms with Gasteiger partial charge in [0.25, 0.3) is 0 Å². The molecule has 134 valence electrons. The minimum Gasteiger partial charge on any atom is -0.324 e. The van der Waals surface area contributed by atoms with Crippen molar-refractivity contribution < 1.29 is 4.79 Å². The van der Waals surface area contributed by atoms with Crippen LogP contribution in [0.5, 0.6) is 0 Å². The Bertz CT molecular complexity index is 1030. The highest BCUT2D eigenvalue weighted by molar-refractivity contribution is 6.32. The van der Waals surface area contributed by atoms with Crippen LogP contribution in [-0.4, -0.2) is 15.7 Å². The lowest BCUT2D eigenvalue weighted by molar-refractivity contribution is -0.116. The van der Waals surface area contributed by atoms with E-state index in [2.05, 4.69) is 10.4 Å². The molecule has 3 rings (SSSR count). The van der Waals surface area contributed by atoms with Gasteiger partial charge in [0.1, 0.15) is 6.54 Å². The Morgan fingerprint density at radius 2 is 1.92 bits per heavy atom. The number of benzene rings is 2. The number of carbonyl (C=O) groups is 1. The average Bonchev–Trinajstić information content (AvgIpc) is 2.65. The summed E-state index contributed by atoms with van der Waals surface area (Å²) >= 11 is 6.29. The van der Waals surface area contributed by atoms with Crippen LogP contribution in [-0.2, 0) is 24.2 Å². The Balaban J connectivity index is 1.93. The number of hydrogen-bond donors (Lipinski definition) is 1. The quantitative estimate of drug-likeness (QED) is 0.743. The molecule has 1 heterocycles. The molecule has 0 aliphatic heterocycles. The first-order valence-electron chi connectivity index (χ1n) is 8.60. The second kappa shape index (κ2) is 7.70. The number of fused-ring (bicyclic) bond motifs is 1. The fraction of sp³-hybridized carbons (Fsp3) is 0.250. The molecule has 0 aliphatic rings.